The zero-order valence-corrected chi connectivity index (χ0v) is 34.4. The van der Waals surface area contributed by atoms with E-state index in [4.69, 9.17) is 10.5 Å². The maximum Gasteiger partial charge on any atom is 0.290 e. The topological polar surface area (TPSA) is 265 Å². The second kappa shape index (κ2) is 17.5. The van der Waals surface area contributed by atoms with Crippen molar-refractivity contribution in [2.75, 3.05) is 27.6 Å². The molecule has 0 aliphatic rings. The zero-order chi connectivity index (χ0) is 43.2. The van der Waals surface area contributed by atoms with Gasteiger partial charge in [-0.05, 0) is 85.8 Å². The summed E-state index contributed by atoms with van der Waals surface area (Å²) >= 11 is 0. The molecule has 1 atom stereocenters. The molecule has 312 valence electrons. The highest BCUT2D eigenvalue weighted by molar-refractivity contribution is 7.93. The lowest BCUT2D eigenvalue weighted by molar-refractivity contribution is 0.392. The molecule has 0 saturated carbocycles. The second-order valence-corrected chi connectivity index (χ2v) is 17.6. The molecule has 60 heavy (non-hydrogen) atoms. The van der Waals surface area contributed by atoms with E-state index >= 15 is 0 Å². The summed E-state index contributed by atoms with van der Waals surface area (Å²) in [6.07, 6.45) is 1.54. The SMILES string of the molecule is COc1ccc(NS(=O)(=O)c2ccc(NC(c3c(C)n(C)n(-c4ccccc4)c3=O)S(=O)(=O)O)cc2)nn1.Nc1ccc(S(=O)(=O)Nc2ccnn2-c2ccccc2)cc1. The van der Waals surface area contributed by atoms with Gasteiger partial charge in [-0.2, -0.15) is 13.5 Å². The van der Waals surface area contributed by atoms with Crippen molar-refractivity contribution in [2.24, 2.45) is 7.05 Å². The number of rotatable bonds is 13. The van der Waals surface area contributed by atoms with Crippen molar-refractivity contribution in [3.8, 4) is 17.3 Å². The predicted octanol–water partition coefficient (Wildman–Crippen LogP) is 4.34. The van der Waals surface area contributed by atoms with Crippen LogP contribution in [0.1, 0.15) is 16.6 Å². The van der Waals surface area contributed by atoms with Crippen LogP contribution in [-0.4, -0.2) is 66.3 Å². The molecular weight excluding hydrogens is 837 g/mol. The Labute approximate surface area is 344 Å². The minimum Gasteiger partial charge on any atom is -0.480 e. The van der Waals surface area contributed by atoms with Crippen LogP contribution in [0.4, 0.5) is 23.0 Å². The number of nitrogens with two attached hydrogens (primary N) is 1. The van der Waals surface area contributed by atoms with Gasteiger partial charge in [0.2, 0.25) is 5.88 Å². The number of aromatic nitrogens is 6. The van der Waals surface area contributed by atoms with Gasteiger partial charge in [0.05, 0.1) is 40.0 Å². The van der Waals surface area contributed by atoms with Gasteiger partial charge in [0, 0.05) is 36.2 Å². The average molecular weight is 875 g/mol. The van der Waals surface area contributed by atoms with Crippen molar-refractivity contribution in [1.29, 1.82) is 0 Å². The molecule has 4 aromatic carbocycles. The molecule has 6 N–H and O–H groups in total. The van der Waals surface area contributed by atoms with Crippen molar-refractivity contribution in [3.63, 3.8) is 0 Å². The van der Waals surface area contributed by atoms with E-state index in [0.29, 0.717) is 22.9 Å². The van der Waals surface area contributed by atoms with E-state index in [1.807, 2.05) is 30.3 Å². The lowest BCUT2D eigenvalue weighted by Gasteiger charge is -2.17. The Morgan fingerprint density at radius 1 is 0.717 bits per heavy atom. The van der Waals surface area contributed by atoms with Crippen molar-refractivity contribution < 1.29 is 34.5 Å². The molecule has 0 amide bonds. The summed E-state index contributed by atoms with van der Waals surface area (Å²) in [5, 5.41) is 12.4. The minimum absolute atomic E-state index is 0.0336. The fraction of sp³-hybridized carbons (Fsp3) is 0.105. The van der Waals surface area contributed by atoms with E-state index in [2.05, 4.69) is 30.1 Å². The molecule has 7 rings (SSSR count). The van der Waals surface area contributed by atoms with Gasteiger partial charge in [-0.15, -0.1) is 10.2 Å². The molecule has 0 saturated heterocycles. The molecular formula is C38H38N10O9S3. The van der Waals surface area contributed by atoms with Crippen LogP contribution in [0.2, 0.25) is 0 Å². The lowest BCUT2D eigenvalue weighted by Crippen LogP contribution is -2.28. The van der Waals surface area contributed by atoms with Crippen molar-refractivity contribution in [2.45, 2.75) is 22.1 Å². The Kier molecular flexibility index (Phi) is 12.4. The van der Waals surface area contributed by atoms with Gasteiger partial charge >= 0.3 is 0 Å². The largest absolute Gasteiger partial charge is 0.480 e. The number of nitrogens with one attached hydrogen (secondary N) is 3. The molecule has 19 nitrogen and oxygen atoms in total. The third kappa shape index (κ3) is 9.64. The summed E-state index contributed by atoms with van der Waals surface area (Å²) in [6, 6.07) is 33.4. The van der Waals surface area contributed by atoms with Crippen molar-refractivity contribution in [1.82, 2.24) is 29.3 Å². The van der Waals surface area contributed by atoms with Gasteiger partial charge in [-0.1, -0.05) is 36.4 Å². The van der Waals surface area contributed by atoms with Crippen molar-refractivity contribution in [3.05, 3.63) is 155 Å². The first-order valence-electron chi connectivity index (χ1n) is 17.5. The van der Waals surface area contributed by atoms with Crippen molar-refractivity contribution >= 4 is 53.2 Å². The van der Waals surface area contributed by atoms with Gasteiger partial charge in [0.15, 0.2) is 11.2 Å². The Bertz CT molecular complexity index is 2980. The highest BCUT2D eigenvalue weighted by Crippen LogP contribution is 2.27. The van der Waals surface area contributed by atoms with Gasteiger partial charge in [0.25, 0.3) is 35.7 Å². The smallest absolute Gasteiger partial charge is 0.290 e. The van der Waals surface area contributed by atoms with Gasteiger partial charge < -0.3 is 15.8 Å². The average Bonchev–Trinajstić information content (AvgIpc) is 3.77. The predicted molar refractivity (Wildman–Crippen MR) is 225 cm³/mol. The maximum absolute atomic E-state index is 13.3. The number of ether oxygens (including phenoxy) is 1. The van der Waals surface area contributed by atoms with Crippen LogP contribution in [0.25, 0.3) is 11.4 Å². The Morgan fingerprint density at radius 2 is 1.28 bits per heavy atom. The molecule has 22 heteroatoms. The molecule has 1 unspecified atom stereocenters. The summed E-state index contributed by atoms with van der Waals surface area (Å²) in [6.45, 7) is 1.55. The monoisotopic (exact) mass is 874 g/mol. The van der Waals surface area contributed by atoms with E-state index in [-0.39, 0.29) is 32.7 Å². The number of hydrogen-bond acceptors (Lipinski definition) is 13. The quantitative estimate of drug-likeness (QED) is 0.0798. The highest BCUT2D eigenvalue weighted by Gasteiger charge is 2.33. The third-order valence-corrected chi connectivity index (χ3v) is 12.5. The standard InChI is InChI=1S/C23H24N6O7S2.C15H14N4O2S/c1-15-21(23(30)29(28(15)2)17-7-5-4-6-8-17)22(38(33,34)35)24-16-9-11-18(12-10-16)37(31,32)27-19-13-14-20(36-3)26-25-19;16-12-6-8-14(9-7-12)22(20,21)18-15-10-11-17-19(15)13-4-2-1-3-5-13/h4-14,22,24H,1-3H3,(H,25,27)(H,33,34,35);1-11,18H,16H2. The van der Waals surface area contributed by atoms with Crippen LogP contribution in [0.15, 0.2) is 148 Å². The molecule has 3 aromatic heterocycles. The molecule has 7 aromatic rings. The Hall–Kier alpha value is -7.01. The number of para-hydroxylation sites is 2. The first-order valence-corrected chi connectivity index (χ1v) is 22.0. The number of benzene rings is 4. The molecule has 0 fully saturated rings. The van der Waals surface area contributed by atoms with E-state index in [1.54, 1.807) is 62.5 Å². The normalized spacial score (nSPS) is 12.1. The molecule has 0 aliphatic heterocycles. The van der Waals surface area contributed by atoms with E-state index in [1.165, 1.54) is 75.9 Å². The van der Waals surface area contributed by atoms with Crippen LogP contribution in [0, 0.1) is 6.92 Å². The fourth-order valence-corrected chi connectivity index (χ4v) is 8.64. The summed E-state index contributed by atoms with van der Waals surface area (Å²) in [5.74, 6) is 0.539. The van der Waals surface area contributed by atoms with E-state index < -0.39 is 41.1 Å². The maximum atomic E-state index is 13.3. The fourth-order valence-electron chi connectivity index (χ4n) is 5.75. The van der Waals surface area contributed by atoms with Crippen LogP contribution >= 0.6 is 0 Å². The number of nitrogens with zero attached hydrogens (tertiary/aromatic N) is 6. The van der Waals surface area contributed by atoms with Gasteiger partial charge in [-0.3, -0.25) is 23.5 Å². The minimum atomic E-state index is -4.83. The number of sulfonamides is 2. The third-order valence-electron chi connectivity index (χ3n) is 8.78. The lowest BCUT2D eigenvalue weighted by atomic mass is 10.2. The molecule has 0 radical (unpaired) electrons. The Balaban J connectivity index is 0.000000232. The van der Waals surface area contributed by atoms with Crippen LogP contribution in [0.3, 0.4) is 0 Å². The molecule has 0 aliphatic carbocycles. The van der Waals surface area contributed by atoms with E-state index in [0.717, 1.165) is 5.69 Å². The summed E-state index contributed by atoms with van der Waals surface area (Å²) in [4.78, 5) is 13.3. The van der Waals surface area contributed by atoms with Gasteiger partial charge in [0.1, 0.15) is 5.82 Å². The summed E-state index contributed by atoms with van der Waals surface area (Å²) in [5.41, 5.74) is 6.98. The first kappa shape index (κ1) is 42.6. The first-order chi connectivity index (χ1) is 28.5. The molecule has 0 bridgehead atoms. The second-order valence-electron chi connectivity index (χ2n) is 12.7. The van der Waals surface area contributed by atoms with Crippen LogP contribution in [-0.2, 0) is 37.2 Å². The van der Waals surface area contributed by atoms with Crippen LogP contribution < -0.4 is 30.8 Å². The number of nitrogen functional groups attached to an aromatic ring is 1. The highest BCUT2D eigenvalue weighted by atomic mass is 32.2. The molecule has 0 spiro atoms. The number of methoxy groups -OCH3 is 1. The summed E-state index contributed by atoms with van der Waals surface area (Å²) in [7, 11) is -9.58. The summed E-state index contributed by atoms with van der Waals surface area (Å²) < 4.78 is 99.0. The van der Waals surface area contributed by atoms with E-state index in [9.17, 15) is 34.6 Å². The zero-order valence-electron chi connectivity index (χ0n) is 32.0. The molecule has 3 heterocycles. The Morgan fingerprint density at radius 3 is 1.83 bits per heavy atom. The van der Waals surface area contributed by atoms with Gasteiger partial charge in [-0.25, -0.2) is 26.2 Å². The number of hydrogen-bond donors (Lipinski definition) is 5. The van der Waals surface area contributed by atoms with Crippen LogP contribution in [0.5, 0.6) is 5.88 Å². The number of anilines is 4.